The van der Waals surface area contributed by atoms with E-state index in [-0.39, 0.29) is 17.6 Å². The van der Waals surface area contributed by atoms with Crippen molar-refractivity contribution in [2.75, 3.05) is 0 Å². The summed E-state index contributed by atoms with van der Waals surface area (Å²) in [5.74, 6) is 6.06. The Balaban J connectivity index is 2.02. The van der Waals surface area contributed by atoms with Crippen LogP contribution in [0.25, 0.3) is 0 Å². The first-order chi connectivity index (χ1) is 10.4. The number of carbonyl (C=O) groups excluding carboxylic acids is 1. The maximum absolute atomic E-state index is 12.0. The van der Waals surface area contributed by atoms with E-state index in [4.69, 9.17) is 0 Å². The largest absolute Gasteiger partial charge is 0.293 e. The molecule has 0 unspecified atom stereocenters. The maximum atomic E-state index is 12.0. The van der Waals surface area contributed by atoms with E-state index < -0.39 is 0 Å². The average molecular weight is 355 g/mol. The average Bonchev–Trinajstić information content (AvgIpc) is 2.47. The van der Waals surface area contributed by atoms with Gasteiger partial charge in [-0.1, -0.05) is 72.8 Å². The molecule has 0 saturated heterocycles. The number of hydrogen-bond donors (Lipinski definition) is 0. The van der Waals surface area contributed by atoms with Crippen molar-refractivity contribution in [2.45, 2.75) is 32.6 Å². The van der Waals surface area contributed by atoms with Gasteiger partial charge >= 0.3 is 0 Å². The van der Waals surface area contributed by atoms with Gasteiger partial charge in [0.05, 0.1) is 6.42 Å². The van der Waals surface area contributed by atoms with Crippen LogP contribution in [0, 0.1) is 11.8 Å². The standard InChI is InChI=1S/C20H19BrO/c1-20(2,3)17-11-7-15(8-12-17)5-4-6-19(22)16-9-13-18(21)14-10-16/h7-14H,6H2,1-3H3. The van der Waals surface area contributed by atoms with Crippen molar-refractivity contribution in [3.63, 3.8) is 0 Å². The lowest BCUT2D eigenvalue weighted by Gasteiger charge is -2.18. The molecule has 0 atom stereocenters. The van der Waals surface area contributed by atoms with Crippen molar-refractivity contribution in [3.8, 4) is 11.8 Å². The Bertz CT molecular complexity index is 708. The molecule has 2 aromatic carbocycles. The zero-order valence-electron chi connectivity index (χ0n) is 13.1. The van der Waals surface area contributed by atoms with E-state index in [1.807, 2.05) is 36.4 Å². The van der Waals surface area contributed by atoms with Crippen molar-refractivity contribution in [1.29, 1.82) is 0 Å². The zero-order chi connectivity index (χ0) is 16.2. The van der Waals surface area contributed by atoms with E-state index in [1.165, 1.54) is 5.56 Å². The van der Waals surface area contributed by atoms with Gasteiger partial charge < -0.3 is 0 Å². The minimum atomic E-state index is 0.0475. The molecular weight excluding hydrogens is 336 g/mol. The molecule has 0 aliphatic rings. The topological polar surface area (TPSA) is 17.1 Å². The van der Waals surface area contributed by atoms with E-state index in [0.717, 1.165) is 10.0 Å². The quantitative estimate of drug-likeness (QED) is 0.523. The molecule has 0 fully saturated rings. The van der Waals surface area contributed by atoms with Crippen molar-refractivity contribution in [2.24, 2.45) is 0 Å². The van der Waals surface area contributed by atoms with Crippen molar-refractivity contribution in [3.05, 3.63) is 69.7 Å². The summed E-state index contributed by atoms with van der Waals surface area (Å²) in [5, 5.41) is 0. The van der Waals surface area contributed by atoms with E-state index >= 15 is 0 Å². The summed E-state index contributed by atoms with van der Waals surface area (Å²) in [6.45, 7) is 6.56. The predicted octanol–water partition coefficient (Wildman–Crippen LogP) is 5.37. The summed E-state index contributed by atoms with van der Waals surface area (Å²) in [5.41, 5.74) is 3.06. The van der Waals surface area contributed by atoms with Crippen LogP contribution >= 0.6 is 15.9 Å². The molecule has 2 rings (SSSR count). The Labute approximate surface area is 140 Å². The van der Waals surface area contributed by atoms with Gasteiger partial charge in [-0.25, -0.2) is 0 Å². The third kappa shape index (κ3) is 4.58. The summed E-state index contributed by atoms with van der Waals surface area (Å²) >= 11 is 3.36. The van der Waals surface area contributed by atoms with Gasteiger partial charge in [-0.3, -0.25) is 4.79 Å². The molecule has 0 aliphatic heterocycles. The van der Waals surface area contributed by atoms with Gasteiger partial charge in [-0.15, -0.1) is 0 Å². The Kier molecular flexibility index (Phi) is 5.21. The molecule has 112 valence electrons. The molecule has 2 aromatic rings. The second kappa shape index (κ2) is 6.94. The van der Waals surface area contributed by atoms with Crippen molar-refractivity contribution in [1.82, 2.24) is 0 Å². The smallest absolute Gasteiger partial charge is 0.174 e. The third-order valence-electron chi connectivity index (χ3n) is 3.40. The fourth-order valence-electron chi connectivity index (χ4n) is 2.02. The number of ketones is 1. The molecule has 0 saturated carbocycles. The number of rotatable bonds is 2. The Morgan fingerprint density at radius 3 is 2.14 bits per heavy atom. The van der Waals surface area contributed by atoms with E-state index in [9.17, 15) is 4.79 Å². The van der Waals surface area contributed by atoms with Crippen LogP contribution in [0.15, 0.2) is 53.0 Å². The second-order valence-electron chi connectivity index (χ2n) is 6.24. The summed E-state index contributed by atoms with van der Waals surface area (Å²) < 4.78 is 0.967. The minimum Gasteiger partial charge on any atom is -0.293 e. The van der Waals surface area contributed by atoms with E-state index in [0.29, 0.717) is 5.56 Å². The van der Waals surface area contributed by atoms with Gasteiger partial charge in [0, 0.05) is 15.6 Å². The van der Waals surface area contributed by atoms with Gasteiger partial charge in [0.2, 0.25) is 0 Å². The molecule has 0 amide bonds. The lowest BCUT2D eigenvalue weighted by molar-refractivity contribution is 0.0998. The minimum absolute atomic E-state index is 0.0475. The number of Topliss-reactive ketones (excluding diaryl/α,β-unsaturated/α-hetero) is 1. The number of hydrogen-bond acceptors (Lipinski definition) is 1. The molecular formula is C20H19BrO. The first kappa shape index (κ1) is 16.5. The normalized spacial score (nSPS) is 10.7. The van der Waals surface area contributed by atoms with Crippen molar-refractivity contribution >= 4 is 21.7 Å². The van der Waals surface area contributed by atoms with E-state index in [2.05, 4.69) is 60.7 Å². The molecule has 0 N–H and O–H groups in total. The highest BCUT2D eigenvalue weighted by molar-refractivity contribution is 9.10. The lowest BCUT2D eigenvalue weighted by atomic mass is 9.87. The third-order valence-corrected chi connectivity index (χ3v) is 3.93. The van der Waals surface area contributed by atoms with Crippen LogP contribution in [0.5, 0.6) is 0 Å². The Morgan fingerprint density at radius 2 is 1.59 bits per heavy atom. The van der Waals surface area contributed by atoms with Gasteiger partial charge in [0.1, 0.15) is 0 Å². The monoisotopic (exact) mass is 354 g/mol. The van der Waals surface area contributed by atoms with Crippen LogP contribution < -0.4 is 0 Å². The van der Waals surface area contributed by atoms with Crippen LogP contribution in [-0.2, 0) is 5.41 Å². The number of benzene rings is 2. The molecule has 0 heterocycles. The Hall–Kier alpha value is -1.85. The first-order valence-electron chi connectivity index (χ1n) is 7.24. The number of halogens is 1. The predicted molar refractivity (Wildman–Crippen MR) is 95.1 cm³/mol. The molecule has 0 bridgehead atoms. The van der Waals surface area contributed by atoms with Crippen LogP contribution in [0.2, 0.25) is 0 Å². The summed E-state index contributed by atoms with van der Waals surface area (Å²) in [6, 6.07) is 15.6. The highest BCUT2D eigenvalue weighted by Gasteiger charge is 2.12. The molecule has 22 heavy (non-hydrogen) atoms. The highest BCUT2D eigenvalue weighted by atomic mass is 79.9. The van der Waals surface area contributed by atoms with Crippen LogP contribution in [0.1, 0.15) is 48.7 Å². The summed E-state index contributed by atoms with van der Waals surface area (Å²) in [4.78, 5) is 12.0. The first-order valence-corrected chi connectivity index (χ1v) is 8.04. The molecule has 0 radical (unpaired) electrons. The van der Waals surface area contributed by atoms with Gasteiger partial charge in [0.15, 0.2) is 5.78 Å². The highest BCUT2D eigenvalue weighted by Crippen LogP contribution is 2.21. The fraction of sp³-hybridized carbons (Fsp3) is 0.250. The molecule has 1 nitrogen and oxygen atoms in total. The van der Waals surface area contributed by atoms with Gasteiger partial charge in [0.25, 0.3) is 0 Å². The SMILES string of the molecule is CC(C)(C)c1ccc(C#CCC(=O)c2ccc(Br)cc2)cc1. The maximum Gasteiger partial charge on any atom is 0.174 e. The lowest BCUT2D eigenvalue weighted by Crippen LogP contribution is -2.10. The summed E-state index contributed by atoms with van der Waals surface area (Å²) in [6.07, 6.45) is 0.239. The second-order valence-corrected chi connectivity index (χ2v) is 7.15. The van der Waals surface area contributed by atoms with Crippen molar-refractivity contribution < 1.29 is 4.79 Å². The van der Waals surface area contributed by atoms with Crippen LogP contribution in [-0.4, -0.2) is 5.78 Å². The molecule has 0 aromatic heterocycles. The molecule has 0 aliphatic carbocycles. The fourth-order valence-corrected chi connectivity index (χ4v) is 2.28. The van der Waals surface area contributed by atoms with Crippen LogP contribution in [0.4, 0.5) is 0 Å². The van der Waals surface area contributed by atoms with Gasteiger partial charge in [-0.2, -0.15) is 0 Å². The molecule has 2 heteroatoms. The van der Waals surface area contributed by atoms with Crippen LogP contribution in [0.3, 0.4) is 0 Å². The number of carbonyl (C=O) groups is 1. The zero-order valence-corrected chi connectivity index (χ0v) is 14.7. The van der Waals surface area contributed by atoms with Gasteiger partial charge in [-0.05, 0) is 35.2 Å². The Morgan fingerprint density at radius 1 is 1.00 bits per heavy atom. The molecule has 0 spiro atoms. The van der Waals surface area contributed by atoms with E-state index in [1.54, 1.807) is 0 Å². The summed E-state index contributed by atoms with van der Waals surface area (Å²) in [7, 11) is 0.